The molecule has 0 unspecified atom stereocenters. The van der Waals surface area contributed by atoms with Gasteiger partial charge in [-0.25, -0.2) is 0 Å². The zero-order valence-corrected chi connectivity index (χ0v) is 13.6. The number of rotatable bonds is 7. The van der Waals surface area contributed by atoms with E-state index < -0.39 is 4.92 Å². The fourth-order valence-corrected chi connectivity index (χ4v) is 2.25. The molecule has 0 atom stereocenters. The van der Waals surface area contributed by atoms with Crippen LogP contribution in [0, 0.1) is 10.1 Å². The van der Waals surface area contributed by atoms with Gasteiger partial charge in [-0.1, -0.05) is 23.2 Å². The third-order valence-corrected chi connectivity index (χ3v) is 3.38. The molecule has 23 heavy (non-hydrogen) atoms. The molecule has 0 fully saturated rings. The molecule has 122 valence electrons. The zero-order valence-electron chi connectivity index (χ0n) is 12.1. The molecule has 0 spiro atoms. The first-order valence-electron chi connectivity index (χ1n) is 6.54. The molecular weight excluding hydrogens is 345 g/mol. The van der Waals surface area contributed by atoms with E-state index in [0.717, 1.165) is 0 Å². The Morgan fingerprint density at radius 3 is 2.26 bits per heavy atom. The minimum absolute atomic E-state index is 0.0709. The maximum atomic E-state index is 10.7. The van der Waals surface area contributed by atoms with Crippen LogP contribution < -0.4 is 14.2 Å². The standard InChI is InChI=1S/C15H13Cl2NO5/c1-21-15-9-11(18(19)20)3-5-14(15)23-7-6-22-13-4-2-10(16)8-12(13)17/h2-5,8-9H,6-7H2,1H3. The molecule has 0 radical (unpaired) electrons. The van der Waals surface area contributed by atoms with E-state index in [-0.39, 0.29) is 24.7 Å². The normalized spacial score (nSPS) is 10.2. The number of nitro groups is 1. The van der Waals surface area contributed by atoms with Crippen LogP contribution in [0.15, 0.2) is 36.4 Å². The van der Waals surface area contributed by atoms with Gasteiger partial charge in [0.1, 0.15) is 19.0 Å². The summed E-state index contributed by atoms with van der Waals surface area (Å²) in [5, 5.41) is 11.7. The first kappa shape index (κ1) is 17.2. The maximum absolute atomic E-state index is 10.7. The summed E-state index contributed by atoms with van der Waals surface area (Å²) in [5.74, 6) is 1.17. The molecule has 0 aliphatic rings. The van der Waals surface area contributed by atoms with Gasteiger partial charge in [0, 0.05) is 11.1 Å². The lowest BCUT2D eigenvalue weighted by Gasteiger charge is -2.12. The number of nitrogens with zero attached hydrogens (tertiary/aromatic N) is 1. The van der Waals surface area contributed by atoms with E-state index in [9.17, 15) is 10.1 Å². The van der Waals surface area contributed by atoms with Crippen LogP contribution in [0.5, 0.6) is 17.2 Å². The predicted molar refractivity (Wildman–Crippen MR) is 87.1 cm³/mol. The molecule has 6 nitrogen and oxygen atoms in total. The SMILES string of the molecule is COc1cc([N+](=O)[O-])ccc1OCCOc1ccc(Cl)cc1Cl. The van der Waals surface area contributed by atoms with Gasteiger partial charge in [0.2, 0.25) is 0 Å². The number of benzene rings is 2. The lowest BCUT2D eigenvalue weighted by Crippen LogP contribution is -2.09. The highest BCUT2D eigenvalue weighted by Crippen LogP contribution is 2.31. The van der Waals surface area contributed by atoms with E-state index in [1.54, 1.807) is 18.2 Å². The van der Waals surface area contributed by atoms with Crippen LogP contribution in [-0.4, -0.2) is 25.2 Å². The second-order valence-corrected chi connectivity index (χ2v) is 5.21. The number of nitro benzene ring substituents is 1. The van der Waals surface area contributed by atoms with Crippen molar-refractivity contribution in [1.82, 2.24) is 0 Å². The highest BCUT2D eigenvalue weighted by atomic mass is 35.5. The van der Waals surface area contributed by atoms with Gasteiger partial charge in [0.15, 0.2) is 11.5 Å². The smallest absolute Gasteiger partial charge is 0.273 e. The number of ether oxygens (including phenoxy) is 3. The van der Waals surface area contributed by atoms with Crippen molar-refractivity contribution in [3.05, 3.63) is 56.6 Å². The first-order chi connectivity index (χ1) is 11.0. The van der Waals surface area contributed by atoms with Crippen molar-refractivity contribution in [3.63, 3.8) is 0 Å². The molecule has 0 saturated carbocycles. The topological polar surface area (TPSA) is 70.8 Å². The molecule has 0 N–H and O–H groups in total. The van der Waals surface area contributed by atoms with Gasteiger partial charge in [0.05, 0.1) is 23.1 Å². The van der Waals surface area contributed by atoms with Crippen molar-refractivity contribution in [2.75, 3.05) is 20.3 Å². The summed E-state index contributed by atoms with van der Waals surface area (Å²) in [6, 6.07) is 9.03. The number of hydrogen-bond donors (Lipinski definition) is 0. The van der Waals surface area contributed by atoms with E-state index >= 15 is 0 Å². The summed E-state index contributed by atoms with van der Waals surface area (Å²) in [5.41, 5.74) is -0.0709. The van der Waals surface area contributed by atoms with Gasteiger partial charge in [-0.05, 0) is 24.3 Å². The summed E-state index contributed by atoms with van der Waals surface area (Å²) >= 11 is 11.8. The molecule has 8 heteroatoms. The highest BCUT2D eigenvalue weighted by molar-refractivity contribution is 6.35. The second kappa shape index (κ2) is 7.89. The number of halogens is 2. The first-order valence-corrected chi connectivity index (χ1v) is 7.30. The summed E-state index contributed by atoms with van der Waals surface area (Å²) in [6.45, 7) is 0.453. The second-order valence-electron chi connectivity index (χ2n) is 4.36. The number of hydrogen-bond acceptors (Lipinski definition) is 5. The Bertz CT molecular complexity index is 708. The van der Waals surface area contributed by atoms with Crippen LogP contribution in [0.25, 0.3) is 0 Å². The van der Waals surface area contributed by atoms with Gasteiger partial charge in [-0.2, -0.15) is 0 Å². The van der Waals surface area contributed by atoms with Crippen molar-refractivity contribution < 1.29 is 19.1 Å². The lowest BCUT2D eigenvalue weighted by molar-refractivity contribution is -0.384. The molecule has 0 bridgehead atoms. The van der Waals surface area contributed by atoms with E-state index in [1.165, 1.54) is 25.3 Å². The van der Waals surface area contributed by atoms with Crippen molar-refractivity contribution in [2.45, 2.75) is 0 Å². The molecule has 0 heterocycles. The molecule has 2 aromatic rings. The third-order valence-electron chi connectivity index (χ3n) is 2.85. The predicted octanol–water partition coefficient (Wildman–Crippen LogP) is 4.37. The quantitative estimate of drug-likeness (QED) is 0.418. The van der Waals surface area contributed by atoms with Gasteiger partial charge in [-0.15, -0.1) is 0 Å². The molecule has 0 aliphatic carbocycles. The van der Waals surface area contributed by atoms with Crippen LogP contribution in [0.4, 0.5) is 5.69 Å². The van der Waals surface area contributed by atoms with Crippen LogP contribution in [0.2, 0.25) is 10.0 Å². The molecule has 0 saturated heterocycles. The Kier molecular flexibility index (Phi) is 5.90. The largest absolute Gasteiger partial charge is 0.493 e. The van der Waals surface area contributed by atoms with Crippen LogP contribution in [0.1, 0.15) is 0 Å². The Balaban J connectivity index is 1.92. The monoisotopic (exact) mass is 357 g/mol. The Labute approximate surface area is 142 Å². The van der Waals surface area contributed by atoms with E-state index in [1.807, 2.05) is 0 Å². The van der Waals surface area contributed by atoms with Gasteiger partial charge >= 0.3 is 0 Å². The minimum Gasteiger partial charge on any atom is -0.493 e. The van der Waals surface area contributed by atoms with Crippen molar-refractivity contribution >= 4 is 28.9 Å². The Morgan fingerprint density at radius 2 is 1.65 bits per heavy atom. The molecular formula is C15H13Cl2NO5. The number of non-ortho nitro benzene ring substituents is 1. The highest BCUT2D eigenvalue weighted by Gasteiger charge is 2.12. The van der Waals surface area contributed by atoms with Crippen LogP contribution >= 0.6 is 23.2 Å². The molecule has 0 amide bonds. The van der Waals surface area contributed by atoms with Crippen LogP contribution in [-0.2, 0) is 0 Å². The third kappa shape index (κ3) is 4.64. The summed E-state index contributed by atoms with van der Waals surface area (Å²) in [7, 11) is 1.41. The van der Waals surface area contributed by atoms with Crippen molar-refractivity contribution in [2.24, 2.45) is 0 Å². The van der Waals surface area contributed by atoms with Crippen LogP contribution in [0.3, 0.4) is 0 Å². The lowest BCUT2D eigenvalue weighted by atomic mass is 10.3. The van der Waals surface area contributed by atoms with Crippen molar-refractivity contribution in [3.8, 4) is 17.2 Å². The average molecular weight is 358 g/mol. The van der Waals surface area contributed by atoms with E-state index in [2.05, 4.69) is 0 Å². The molecule has 0 aliphatic heterocycles. The number of methoxy groups -OCH3 is 1. The Morgan fingerprint density at radius 1 is 1.00 bits per heavy atom. The fraction of sp³-hybridized carbons (Fsp3) is 0.200. The maximum Gasteiger partial charge on any atom is 0.273 e. The summed E-state index contributed by atoms with van der Waals surface area (Å²) < 4.78 is 16.1. The molecule has 2 rings (SSSR count). The van der Waals surface area contributed by atoms with Gasteiger partial charge in [0.25, 0.3) is 5.69 Å². The molecule has 2 aromatic carbocycles. The van der Waals surface area contributed by atoms with Gasteiger partial charge < -0.3 is 14.2 Å². The minimum atomic E-state index is -0.502. The summed E-state index contributed by atoms with van der Waals surface area (Å²) in [4.78, 5) is 10.2. The molecule has 0 aromatic heterocycles. The summed E-state index contributed by atoms with van der Waals surface area (Å²) in [6.07, 6.45) is 0. The van der Waals surface area contributed by atoms with Gasteiger partial charge in [-0.3, -0.25) is 10.1 Å². The average Bonchev–Trinajstić information content (AvgIpc) is 2.53. The van der Waals surface area contributed by atoms with Crippen molar-refractivity contribution in [1.29, 1.82) is 0 Å². The zero-order chi connectivity index (χ0) is 16.8. The van der Waals surface area contributed by atoms with E-state index in [0.29, 0.717) is 21.5 Å². The Hall–Kier alpha value is -2.18. The van der Waals surface area contributed by atoms with E-state index in [4.69, 9.17) is 37.4 Å². The fourth-order valence-electron chi connectivity index (χ4n) is 1.78.